The second-order valence-electron chi connectivity index (χ2n) is 4.18. The average molecular weight is 333 g/mol. The number of carboxylic acid groups (broad SMARTS) is 1. The topological polar surface area (TPSA) is 64.3 Å². The van der Waals surface area contributed by atoms with Gasteiger partial charge in [-0.05, 0) is 13.0 Å². The zero-order valence-corrected chi connectivity index (χ0v) is 12.9. The summed E-state index contributed by atoms with van der Waals surface area (Å²) in [6.45, 7) is 3.42. The van der Waals surface area contributed by atoms with Gasteiger partial charge in [-0.15, -0.1) is 0 Å². The van der Waals surface area contributed by atoms with Crippen LogP contribution in [-0.2, 0) is 16.1 Å². The van der Waals surface area contributed by atoms with E-state index in [0.717, 1.165) is 11.8 Å². The molecule has 1 aromatic carbocycles. The SMILES string of the molecule is CCOCCn1c(SCC(=O)O)nc2cc(F)c(Cl)cc21. The molecule has 0 radical (unpaired) electrons. The van der Waals surface area contributed by atoms with E-state index in [0.29, 0.717) is 35.9 Å². The molecular formula is C13H14ClFN2O3S. The molecule has 0 saturated carbocycles. The molecule has 0 aliphatic heterocycles. The van der Waals surface area contributed by atoms with Gasteiger partial charge in [-0.25, -0.2) is 9.37 Å². The fraction of sp³-hybridized carbons (Fsp3) is 0.385. The van der Waals surface area contributed by atoms with Crippen LogP contribution in [0.3, 0.4) is 0 Å². The van der Waals surface area contributed by atoms with Crippen LogP contribution in [0, 0.1) is 5.82 Å². The summed E-state index contributed by atoms with van der Waals surface area (Å²) in [7, 11) is 0. The largest absolute Gasteiger partial charge is 0.481 e. The van der Waals surface area contributed by atoms with E-state index >= 15 is 0 Å². The normalized spacial score (nSPS) is 11.2. The number of hydrogen-bond donors (Lipinski definition) is 1. The molecule has 8 heteroatoms. The maximum absolute atomic E-state index is 13.5. The van der Waals surface area contributed by atoms with Crippen molar-refractivity contribution < 1.29 is 19.0 Å². The Balaban J connectivity index is 2.39. The maximum atomic E-state index is 13.5. The summed E-state index contributed by atoms with van der Waals surface area (Å²) in [5.41, 5.74) is 1.11. The maximum Gasteiger partial charge on any atom is 0.313 e. The predicted octanol–water partition coefficient (Wildman–Crippen LogP) is 3.04. The molecule has 114 valence electrons. The first-order chi connectivity index (χ1) is 10.0. The smallest absolute Gasteiger partial charge is 0.313 e. The lowest BCUT2D eigenvalue weighted by atomic mass is 10.3. The number of carboxylic acids is 1. The van der Waals surface area contributed by atoms with Crippen molar-refractivity contribution in [2.45, 2.75) is 18.6 Å². The molecular weight excluding hydrogens is 319 g/mol. The van der Waals surface area contributed by atoms with Gasteiger partial charge in [0.1, 0.15) is 5.82 Å². The van der Waals surface area contributed by atoms with Crippen LogP contribution in [0.25, 0.3) is 11.0 Å². The van der Waals surface area contributed by atoms with Crippen molar-refractivity contribution in [2.24, 2.45) is 0 Å². The molecule has 0 aliphatic carbocycles. The Morgan fingerprint density at radius 2 is 2.33 bits per heavy atom. The molecule has 0 unspecified atom stereocenters. The van der Waals surface area contributed by atoms with E-state index in [-0.39, 0.29) is 10.8 Å². The third-order valence-corrected chi connectivity index (χ3v) is 3.99. The average Bonchev–Trinajstić information content (AvgIpc) is 2.75. The summed E-state index contributed by atoms with van der Waals surface area (Å²) >= 11 is 6.89. The van der Waals surface area contributed by atoms with Gasteiger partial charge in [0.25, 0.3) is 0 Å². The second kappa shape index (κ2) is 7.11. The molecule has 0 atom stereocenters. The number of aromatic nitrogens is 2. The Morgan fingerprint density at radius 1 is 1.57 bits per heavy atom. The van der Waals surface area contributed by atoms with Crippen LogP contribution < -0.4 is 0 Å². The van der Waals surface area contributed by atoms with E-state index in [2.05, 4.69) is 4.98 Å². The molecule has 0 amide bonds. The highest BCUT2D eigenvalue weighted by atomic mass is 35.5. The van der Waals surface area contributed by atoms with E-state index in [4.69, 9.17) is 21.4 Å². The number of ether oxygens (including phenoxy) is 1. The Hall–Kier alpha value is -1.31. The van der Waals surface area contributed by atoms with Crippen LogP contribution in [0.1, 0.15) is 6.92 Å². The molecule has 2 aromatic rings. The van der Waals surface area contributed by atoms with Gasteiger partial charge >= 0.3 is 5.97 Å². The third-order valence-electron chi connectivity index (χ3n) is 2.74. The van der Waals surface area contributed by atoms with Crippen LogP contribution in [0.5, 0.6) is 0 Å². The Kier molecular flexibility index (Phi) is 5.44. The summed E-state index contributed by atoms with van der Waals surface area (Å²) in [5.74, 6) is -1.60. The van der Waals surface area contributed by atoms with Crippen molar-refractivity contribution in [3.05, 3.63) is 23.0 Å². The Bertz CT molecular complexity index is 662. The number of rotatable bonds is 7. The molecule has 5 nitrogen and oxygen atoms in total. The van der Waals surface area contributed by atoms with Crippen molar-refractivity contribution in [3.8, 4) is 0 Å². The summed E-state index contributed by atoms with van der Waals surface area (Å²) in [5, 5.41) is 9.30. The highest BCUT2D eigenvalue weighted by Crippen LogP contribution is 2.28. The molecule has 0 aliphatic rings. The van der Waals surface area contributed by atoms with E-state index in [1.165, 1.54) is 12.1 Å². The quantitative estimate of drug-likeness (QED) is 0.623. The number of carbonyl (C=O) groups is 1. The van der Waals surface area contributed by atoms with E-state index < -0.39 is 11.8 Å². The van der Waals surface area contributed by atoms with Crippen LogP contribution in [0.2, 0.25) is 5.02 Å². The van der Waals surface area contributed by atoms with Gasteiger partial charge in [0.2, 0.25) is 0 Å². The lowest BCUT2D eigenvalue weighted by molar-refractivity contribution is -0.133. The van der Waals surface area contributed by atoms with E-state index in [1.54, 1.807) is 4.57 Å². The van der Waals surface area contributed by atoms with Crippen molar-refractivity contribution in [2.75, 3.05) is 19.0 Å². The fourth-order valence-electron chi connectivity index (χ4n) is 1.85. The Morgan fingerprint density at radius 3 is 3.00 bits per heavy atom. The zero-order valence-electron chi connectivity index (χ0n) is 11.3. The van der Waals surface area contributed by atoms with Gasteiger partial charge in [-0.2, -0.15) is 0 Å². The van der Waals surface area contributed by atoms with Crippen molar-refractivity contribution in [1.82, 2.24) is 9.55 Å². The van der Waals surface area contributed by atoms with Crippen LogP contribution in [0.4, 0.5) is 4.39 Å². The van der Waals surface area contributed by atoms with Gasteiger partial charge in [0.05, 0.1) is 28.4 Å². The number of thioether (sulfide) groups is 1. The highest BCUT2D eigenvalue weighted by Gasteiger charge is 2.15. The van der Waals surface area contributed by atoms with E-state index in [9.17, 15) is 9.18 Å². The summed E-state index contributed by atoms with van der Waals surface area (Å²) < 4.78 is 20.6. The molecule has 0 fully saturated rings. The van der Waals surface area contributed by atoms with Gasteiger partial charge in [0, 0.05) is 19.2 Å². The van der Waals surface area contributed by atoms with Crippen LogP contribution in [-0.4, -0.2) is 39.6 Å². The molecule has 2 rings (SSSR count). The monoisotopic (exact) mass is 332 g/mol. The van der Waals surface area contributed by atoms with E-state index in [1.807, 2.05) is 6.92 Å². The van der Waals surface area contributed by atoms with Crippen molar-refractivity contribution >= 4 is 40.4 Å². The van der Waals surface area contributed by atoms with Crippen molar-refractivity contribution in [3.63, 3.8) is 0 Å². The third kappa shape index (κ3) is 3.87. The Labute approximate surface area is 130 Å². The number of imidazole rings is 1. The molecule has 0 bridgehead atoms. The molecule has 0 saturated heterocycles. The van der Waals surface area contributed by atoms with Gasteiger partial charge in [-0.1, -0.05) is 23.4 Å². The lowest BCUT2D eigenvalue weighted by Crippen LogP contribution is -2.08. The van der Waals surface area contributed by atoms with Crippen LogP contribution >= 0.6 is 23.4 Å². The minimum absolute atomic E-state index is 0.00912. The zero-order chi connectivity index (χ0) is 15.4. The highest BCUT2D eigenvalue weighted by molar-refractivity contribution is 7.99. The molecule has 21 heavy (non-hydrogen) atoms. The number of halogens is 2. The lowest BCUT2D eigenvalue weighted by Gasteiger charge is -2.08. The van der Waals surface area contributed by atoms with Crippen LogP contribution in [0.15, 0.2) is 17.3 Å². The van der Waals surface area contributed by atoms with Gasteiger partial charge in [0.15, 0.2) is 5.16 Å². The minimum atomic E-state index is -0.937. The van der Waals surface area contributed by atoms with Crippen molar-refractivity contribution in [1.29, 1.82) is 0 Å². The molecule has 1 N–H and O–H groups in total. The first-order valence-corrected chi connectivity index (χ1v) is 7.67. The summed E-state index contributed by atoms with van der Waals surface area (Å²) in [6.07, 6.45) is 0. The number of hydrogen-bond acceptors (Lipinski definition) is 4. The molecule has 1 heterocycles. The first kappa shape index (κ1) is 16.1. The minimum Gasteiger partial charge on any atom is -0.481 e. The first-order valence-electron chi connectivity index (χ1n) is 6.30. The standard InChI is InChI=1S/C13H14ClFN2O3S/c1-2-20-4-3-17-11-5-8(14)9(15)6-10(11)16-13(17)21-7-12(18)19/h5-6H,2-4,7H2,1H3,(H,18,19). The van der Waals surface area contributed by atoms with Gasteiger partial charge in [-0.3, -0.25) is 4.79 Å². The second-order valence-corrected chi connectivity index (χ2v) is 5.53. The molecule has 0 spiro atoms. The summed E-state index contributed by atoms with van der Waals surface area (Å²) in [4.78, 5) is 15.0. The number of nitrogens with zero attached hydrogens (tertiary/aromatic N) is 2. The predicted molar refractivity (Wildman–Crippen MR) is 79.6 cm³/mol. The molecule has 1 aromatic heterocycles. The number of benzene rings is 1. The number of aliphatic carboxylic acids is 1. The number of fused-ring (bicyclic) bond motifs is 1. The summed E-state index contributed by atoms with van der Waals surface area (Å²) in [6, 6.07) is 2.75. The van der Waals surface area contributed by atoms with Gasteiger partial charge < -0.3 is 14.4 Å². The fourth-order valence-corrected chi connectivity index (χ4v) is 2.77.